The number of fused-ring (bicyclic) bond motifs is 1. The zero-order chi connectivity index (χ0) is 26.7. The number of nitrogens with one attached hydrogen (secondary N) is 2. The minimum absolute atomic E-state index is 0.286. The highest BCUT2D eigenvalue weighted by Crippen LogP contribution is 2.28. The Kier molecular flexibility index (Phi) is 7.51. The van der Waals surface area contributed by atoms with E-state index in [0.29, 0.717) is 25.5 Å². The van der Waals surface area contributed by atoms with Crippen LogP contribution in [-0.2, 0) is 22.4 Å². The van der Waals surface area contributed by atoms with Crippen molar-refractivity contribution in [3.63, 3.8) is 0 Å². The van der Waals surface area contributed by atoms with E-state index >= 15 is 0 Å². The smallest absolute Gasteiger partial charge is 0.410 e. The van der Waals surface area contributed by atoms with Crippen LogP contribution in [0, 0.1) is 6.92 Å². The van der Waals surface area contributed by atoms with Crippen LogP contribution in [0.15, 0.2) is 36.7 Å². The SMILES string of the molecule is Cc1nccn1-c1ccc(Nc2nc3c(c(NCC[C@@H]4CCCO4)n2)CN(C(=O)OC(C)(C)C)CC3)cc1. The van der Waals surface area contributed by atoms with Crippen LogP contribution in [0.2, 0.25) is 0 Å². The Labute approximate surface area is 223 Å². The quantitative estimate of drug-likeness (QED) is 0.450. The molecule has 1 saturated heterocycles. The van der Waals surface area contributed by atoms with Crippen molar-refractivity contribution >= 4 is 23.5 Å². The molecule has 202 valence electrons. The van der Waals surface area contributed by atoms with Crippen LogP contribution in [0.5, 0.6) is 0 Å². The predicted octanol–water partition coefficient (Wildman–Crippen LogP) is 4.99. The first kappa shape index (κ1) is 26.0. The van der Waals surface area contributed by atoms with Crippen LogP contribution in [0.25, 0.3) is 5.69 Å². The molecule has 0 radical (unpaired) electrons. The van der Waals surface area contributed by atoms with Crippen LogP contribution in [0.1, 0.15) is 57.1 Å². The summed E-state index contributed by atoms with van der Waals surface area (Å²) >= 11 is 0. The van der Waals surface area contributed by atoms with Crippen molar-refractivity contribution in [1.29, 1.82) is 0 Å². The van der Waals surface area contributed by atoms with Gasteiger partial charge in [-0.2, -0.15) is 4.98 Å². The first-order chi connectivity index (χ1) is 18.2. The summed E-state index contributed by atoms with van der Waals surface area (Å²) in [7, 11) is 0. The number of imidazole rings is 1. The lowest BCUT2D eigenvalue weighted by atomic mass is 10.1. The molecule has 0 aliphatic carbocycles. The summed E-state index contributed by atoms with van der Waals surface area (Å²) in [5.41, 5.74) is 3.26. The maximum absolute atomic E-state index is 12.8. The largest absolute Gasteiger partial charge is 0.444 e. The van der Waals surface area contributed by atoms with Gasteiger partial charge < -0.3 is 29.6 Å². The molecule has 5 rings (SSSR count). The fraction of sp³-hybridized carbons (Fsp3) is 0.500. The normalized spacial score (nSPS) is 17.3. The molecule has 0 bridgehead atoms. The highest BCUT2D eigenvalue weighted by atomic mass is 16.6. The number of amides is 1. The maximum Gasteiger partial charge on any atom is 0.410 e. The van der Waals surface area contributed by atoms with Gasteiger partial charge in [-0.05, 0) is 71.2 Å². The molecular weight excluding hydrogens is 482 g/mol. The van der Waals surface area contributed by atoms with Crippen molar-refractivity contribution in [1.82, 2.24) is 24.4 Å². The third-order valence-corrected chi connectivity index (χ3v) is 6.72. The number of carbonyl (C=O) groups is 1. The lowest BCUT2D eigenvalue weighted by Gasteiger charge is -2.31. The van der Waals surface area contributed by atoms with E-state index in [9.17, 15) is 4.79 Å². The van der Waals surface area contributed by atoms with E-state index in [0.717, 1.165) is 66.7 Å². The summed E-state index contributed by atoms with van der Waals surface area (Å²) in [4.78, 5) is 28.5. The summed E-state index contributed by atoms with van der Waals surface area (Å²) in [6, 6.07) is 8.09. The minimum atomic E-state index is -0.546. The summed E-state index contributed by atoms with van der Waals surface area (Å²) in [6.07, 6.45) is 7.46. The van der Waals surface area contributed by atoms with E-state index in [1.807, 2.05) is 62.7 Å². The van der Waals surface area contributed by atoms with Gasteiger partial charge in [-0.15, -0.1) is 0 Å². The minimum Gasteiger partial charge on any atom is -0.444 e. The molecule has 1 amide bonds. The molecule has 3 aromatic rings. The maximum atomic E-state index is 12.8. The van der Waals surface area contributed by atoms with Gasteiger partial charge in [0.25, 0.3) is 0 Å². The second-order valence-electron chi connectivity index (χ2n) is 10.8. The zero-order valence-electron chi connectivity index (χ0n) is 22.7. The molecule has 38 heavy (non-hydrogen) atoms. The Hall–Kier alpha value is -3.66. The lowest BCUT2D eigenvalue weighted by Crippen LogP contribution is -2.40. The Morgan fingerprint density at radius 1 is 1.21 bits per heavy atom. The second-order valence-corrected chi connectivity index (χ2v) is 10.8. The molecule has 1 fully saturated rings. The molecule has 0 saturated carbocycles. The number of hydrogen-bond acceptors (Lipinski definition) is 8. The van der Waals surface area contributed by atoms with Crippen LogP contribution in [-0.4, -0.2) is 61.9 Å². The molecule has 1 aromatic carbocycles. The number of benzene rings is 1. The van der Waals surface area contributed by atoms with Gasteiger partial charge in [0.1, 0.15) is 17.2 Å². The fourth-order valence-corrected chi connectivity index (χ4v) is 4.81. The van der Waals surface area contributed by atoms with Crippen LogP contribution < -0.4 is 10.6 Å². The Morgan fingerprint density at radius 3 is 2.71 bits per heavy atom. The molecule has 10 nitrogen and oxygen atoms in total. The van der Waals surface area contributed by atoms with E-state index in [1.54, 1.807) is 11.1 Å². The number of carbonyl (C=O) groups excluding carboxylic acids is 1. The standard InChI is InChI=1S/C28H37N7O3/c1-19-29-14-16-35(19)21-9-7-20(8-10-21)31-26-32-24-12-15-34(27(36)38-28(2,3)4)18-23(24)25(33-26)30-13-11-22-6-5-17-37-22/h7-10,14,16,22H,5-6,11-13,15,17-18H2,1-4H3,(H2,30,31,32,33)/t22-/m0/s1. The number of aryl methyl sites for hydroxylation is 1. The predicted molar refractivity (Wildman–Crippen MR) is 146 cm³/mol. The van der Waals surface area contributed by atoms with Crippen molar-refractivity contribution in [3.8, 4) is 5.69 Å². The van der Waals surface area contributed by atoms with Gasteiger partial charge in [-0.25, -0.2) is 14.8 Å². The number of nitrogens with zero attached hydrogens (tertiary/aromatic N) is 5. The lowest BCUT2D eigenvalue weighted by molar-refractivity contribution is 0.0223. The Bertz CT molecular complexity index is 1260. The zero-order valence-corrected chi connectivity index (χ0v) is 22.7. The molecule has 4 heterocycles. The third kappa shape index (κ3) is 6.24. The molecule has 0 spiro atoms. The van der Waals surface area contributed by atoms with Crippen LogP contribution in [0.4, 0.5) is 22.2 Å². The molecule has 10 heteroatoms. The van der Waals surface area contributed by atoms with Crippen molar-refractivity contribution in [2.24, 2.45) is 0 Å². The number of aromatic nitrogens is 4. The molecule has 2 aromatic heterocycles. The fourth-order valence-electron chi connectivity index (χ4n) is 4.81. The van der Waals surface area contributed by atoms with Crippen molar-refractivity contribution in [2.75, 3.05) is 30.3 Å². The summed E-state index contributed by atoms with van der Waals surface area (Å²) < 4.78 is 13.4. The molecule has 2 N–H and O–H groups in total. The van der Waals surface area contributed by atoms with Crippen molar-refractivity contribution in [2.45, 2.75) is 71.6 Å². The Morgan fingerprint density at radius 2 is 2.03 bits per heavy atom. The van der Waals surface area contributed by atoms with Gasteiger partial charge >= 0.3 is 6.09 Å². The van der Waals surface area contributed by atoms with Crippen LogP contribution in [0.3, 0.4) is 0 Å². The van der Waals surface area contributed by atoms with Gasteiger partial charge in [-0.1, -0.05) is 0 Å². The molecular formula is C28H37N7O3. The molecule has 0 unspecified atom stereocenters. The first-order valence-corrected chi connectivity index (χ1v) is 13.4. The van der Waals surface area contributed by atoms with Gasteiger partial charge in [-0.3, -0.25) is 0 Å². The van der Waals surface area contributed by atoms with Gasteiger partial charge in [0.15, 0.2) is 0 Å². The van der Waals surface area contributed by atoms with E-state index in [-0.39, 0.29) is 12.2 Å². The van der Waals surface area contributed by atoms with Gasteiger partial charge in [0.05, 0.1) is 18.3 Å². The Balaban J connectivity index is 1.35. The summed E-state index contributed by atoms with van der Waals surface area (Å²) in [5.74, 6) is 2.21. The molecule has 2 aliphatic heterocycles. The summed E-state index contributed by atoms with van der Waals surface area (Å²) in [5, 5.41) is 6.87. The highest BCUT2D eigenvalue weighted by molar-refractivity contribution is 5.69. The average Bonchev–Trinajstić information content (AvgIpc) is 3.55. The van der Waals surface area contributed by atoms with Gasteiger partial charge in [0.2, 0.25) is 5.95 Å². The van der Waals surface area contributed by atoms with Gasteiger partial charge in [0, 0.05) is 55.4 Å². The average molecular weight is 520 g/mol. The van der Waals surface area contributed by atoms with Crippen LogP contribution >= 0.6 is 0 Å². The first-order valence-electron chi connectivity index (χ1n) is 13.4. The topological polar surface area (TPSA) is 106 Å². The van der Waals surface area contributed by atoms with Crippen molar-refractivity contribution in [3.05, 3.63) is 53.7 Å². The highest BCUT2D eigenvalue weighted by Gasteiger charge is 2.29. The number of anilines is 3. The molecule has 1 atom stereocenters. The van der Waals surface area contributed by atoms with E-state index in [1.165, 1.54) is 0 Å². The number of rotatable bonds is 7. The van der Waals surface area contributed by atoms with E-state index in [4.69, 9.17) is 19.4 Å². The second kappa shape index (κ2) is 11.0. The van der Waals surface area contributed by atoms with Crippen molar-refractivity contribution < 1.29 is 14.3 Å². The monoisotopic (exact) mass is 519 g/mol. The van der Waals surface area contributed by atoms with E-state index < -0.39 is 5.60 Å². The van der Waals surface area contributed by atoms with E-state index in [2.05, 4.69) is 15.6 Å². The molecule has 2 aliphatic rings. The number of ether oxygens (including phenoxy) is 2. The third-order valence-electron chi connectivity index (χ3n) is 6.72. The summed E-state index contributed by atoms with van der Waals surface area (Å²) in [6.45, 7) is 10.1. The number of hydrogen-bond donors (Lipinski definition) is 2.